The number of rotatable bonds is 10. The number of nitrogens with two attached hydrogens (primary N) is 1. The Balaban J connectivity index is 0.00000529. The van der Waals surface area contributed by atoms with E-state index in [-0.39, 0.29) is 18.3 Å². The smallest absolute Gasteiger partial charge is 0.242 e. The van der Waals surface area contributed by atoms with Crippen molar-refractivity contribution in [2.45, 2.75) is 57.9 Å². The summed E-state index contributed by atoms with van der Waals surface area (Å²) in [6, 6.07) is 0. The van der Waals surface area contributed by atoms with E-state index in [1.165, 1.54) is 12.8 Å². The van der Waals surface area contributed by atoms with Crippen LogP contribution in [0.25, 0.3) is 0 Å². The summed E-state index contributed by atoms with van der Waals surface area (Å²) >= 11 is 0. The van der Waals surface area contributed by atoms with Gasteiger partial charge in [0.05, 0.1) is 12.1 Å². The molecule has 1 fully saturated rings. The van der Waals surface area contributed by atoms with Gasteiger partial charge < -0.3 is 20.3 Å². The van der Waals surface area contributed by atoms with Crippen LogP contribution in [0.5, 0.6) is 0 Å². The van der Waals surface area contributed by atoms with Crippen LogP contribution in [0.15, 0.2) is 0 Å². The Kier molecular flexibility index (Phi) is 11.9. The zero-order valence-electron chi connectivity index (χ0n) is 16.1. The molecule has 1 aliphatic heterocycles. The van der Waals surface area contributed by atoms with Crippen molar-refractivity contribution in [3.05, 3.63) is 0 Å². The molecular weight excluding hydrogens is 326 g/mol. The van der Waals surface area contributed by atoms with Crippen LogP contribution < -0.4 is 5.73 Å². The fraction of sp³-hybridized carbons (Fsp3) is 0.944. The fourth-order valence-electron chi connectivity index (χ4n) is 3.42. The van der Waals surface area contributed by atoms with E-state index in [2.05, 4.69) is 18.9 Å². The second kappa shape index (κ2) is 12.1. The number of ether oxygens (including phenoxy) is 1. The normalized spacial score (nSPS) is 18.3. The maximum absolute atomic E-state index is 12.5. The molecule has 0 spiro atoms. The molecule has 0 aliphatic carbocycles. The van der Waals surface area contributed by atoms with Crippen molar-refractivity contribution in [1.82, 2.24) is 9.80 Å². The van der Waals surface area contributed by atoms with E-state index in [9.17, 15) is 4.79 Å². The quantitative estimate of drug-likeness (QED) is 0.648. The second-order valence-corrected chi connectivity index (χ2v) is 7.34. The number of methoxy groups -OCH3 is 1. The van der Waals surface area contributed by atoms with Crippen LogP contribution in [0.1, 0.15) is 52.4 Å². The number of hydrogen-bond acceptors (Lipinski definition) is 4. The van der Waals surface area contributed by atoms with E-state index in [0.717, 1.165) is 64.4 Å². The lowest BCUT2D eigenvalue weighted by molar-refractivity contribution is -0.138. The Morgan fingerprint density at radius 1 is 1.33 bits per heavy atom. The number of nitrogens with zero attached hydrogens (tertiary/aromatic N) is 2. The number of carbonyl (C=O) groups excluding carboxylic acids is 1. The summed E-state index contributed by atoms with van der Waals surface area (Å²) in [7, 11) is 3.89. The Hall–Kier alpha value is -0.360. The van der Waals surface area contributed by atoms with Crippen LogP contribution in [-0.2, 0) is 9.53 Å². The van der Waals surface area contributed by atoms with Crippen molar-refractivity contribution >= 4 is 18.3 Å². The number of piperidine rings is 1. The molecule has 1 heterocycles. The largest absolute Gasteiger partial charge is 0.383 e. The lowest BCUT2D eigenvalue weighted by Crippen LogP contribution is -2.54. The maximum Gasteiger partial charge on any atom is 0.242 e. The standard InChI is InChI=1S/C18H37N3O2.ClH/c1-5-10-18(2,19)17(22)21-12-8-16(9-13-21)7-6-11-20(3)14-15-23-4;/h16H,5-15,19H2,1-4H3;1H. The number of likely N-dealkylation sites (N-methyl/N-ethyl adjacent to an activating group) is 1. The van der Waals surface area contributed by atoms with Crippen molar-refractivity contribution in [2.24, 2.45) is 11.7 Å². The number of hydrogen-bond donors (Lipinski definition) is 1. The molecule has 24 heavy (non-hydrogen) atoms. The van der Waals surface area contributed by atoms with Gasteiger partial charge in [-0.05, 0) is 58.5 Å². The van der Waals surface area contributed by atoms with Gasteiger partial charge in [-0.2, -0.15) is 0 Å². The predicted molar refractivity (Wildman–Crippen MR) is 103 cm³/mol. The number of likely N-dealkylation sites (tertiary alicyclic amines) is 1. The third kappa shape index (κ3) is 8.15. The molecule has 1 atom stereocenters. The molecule has 0 saturated carbocycles. The van der Waals surface area contributed by atoms with Crippen LogP contribution in [0.4, 0.5) is 0 Å². The van der Waals surface area contributed by atoms with Gasteiger partial charge in [0.2, 0.25) is 5.91 Å². The summed E-state index contributed by atoms with van der Waals surface area (Å²) in [6.45, 7) is 8.62. The van der Waals surface area contributed by atoms with Gasteiger partial charge in [0, 0.05) is 26.7 Å². The number of amides is 1. The zero-order valence-corrected chi connectivity index (χ0v) is 16.9. The average molecular weight is 364 g/mol. The minimum atomic E-state index is -0.689. The molecule has 0 aromatic rings. The lowest BCUT2D eigenvalue weighted by Gasteiger charge is -2.37. The molecule has 0 radical (unpaired) electrons. The molecule has 1 aliphatic rings. The van der Waals surface area contributed by atoms with Gasteiger partial charge in [0.15, 0.2) is 0 Å². The zero-order chi connectivity index (χ0) is 17.3. The van der Waals surface area contributed by atoms with E-state index >= 15 is 0 Å². The van der Waals surface area contributed by atoms with Crippen LogP contribution in [0.3, 0.4) is 0 Å². The molecule has 144 valence electrons. The molecule has 0 aromatic carbocycles. The van der Waals surface area contributed by atoms with Crippen LogP contribution >= 0.6 is 12.4 Å². The fourth-order valence-corrected chi connectivity index (χ4v) is 3.42. The van der Waals surface area contributed by atoms with Crippen molar-refractivity contribution in [2.75, 3.05) is 46.9 Å². The van der Waals surface area contributed by atoms with Crippen LogP contribution in [0, 0.1) is 5.92 Å². The van der Waals surface area contributed by atoms with E-state index in [0.29, 0.717) is 0 Å². The van der Waals surface area contributed by atoms with Crippen molar-refractivity contribution in [3.8, 4) is 0 Å². The summed E-state index contributed by atoms with van der Waals surface area (Å²) in [5.41, 5.74) is 5.49. The highest BCUT2D eigenvalue weighted by Crippen LogP contribution is 2.24. The number of halogens is 1. The highest BCUT2D eigenvalue weighted by molar-refractivity contribution is 5.86. The molecule has 6 heteroatoms. The van der Waals surface area contributed by atoms with Gasteiger partial charge in [-0.3, -0.25) is 4.79 Å². The molecule has 1 unspecified atom stereocenters. The molecule has 5 nitrogen and oxygen atoms in total. The average Bonchev–Trinajstić information content (AvgIpc) is 2.53. The van der Waals surface area contributed by atoms with Crippen molar-refractivity contribution < 1.29 is 9.53 Å². The summed E-state index contributed by atoms with van der Waals surface area (Å²) in [5.74, 6) is 0.891. The van der Waals surface area contributed by atoms with Crippen LogP contribution in [0.2, 0.25) is 0 Å². The summed E-state index contributed by atoms with van der Waals surface area (Å²) < 4.78 is 5.10. The second-order valence-electron chi connectivity index (χ2n) is 7.34. The minimum Gasteiger partial charge on any atom is -0.383 e. The Morgan fingerprint density at radius 2 is 1.96 bits per heavy atom. The highest BCUT2D eigenvalue weighted by atomic mass is 35.5. The van der Waals surface area contributed by atoms with E-state index in [1.54, 1.807) is 7.11 Å². The summed E-state index contributed by atoms with van der Waals surface area (Å²) in [5, 5.41) is 0. The molecule has 1 amide bonds. The first kappa shape index (κ1) is 23.6. The molecule has 0 bridgehead atoms. The van der Waals surface area contributed by atoms with Gasteiger partial charge in [-0.15, -0.1) is 12.4 Å². The Labute approximate surface area is 154 Å². The van der Waals surface area contributed by atoms with E-state index in [4.69, 9.17) is 10.5 Å². The third-order valence-electron chi connectivity index (χ3n) is 4.99. The first-order valence-electron chi connectivity index (χ1n) is 9.16. The monoisotopic (exact) mass is 363 g/mol. The number of carbonyl (C=O) groups is 1. The molecule has 1 saturated heterocycles. The molecule has 1 rings (SSSR count). The topological polar surface area (TPSA) is 58.8 Å². The van der Waals surface area contributed by atoms with Gasteiger partial charge >= 0.3 is 0 Å². The SMILES string of the molecule is CCCC(C)(N)C(=O)N1CCC(CCCN(C)CCOC)CC1.Cl. The Bertz CT molecular complexity index is 345. The van der Waals surface area contributed by atoms with Gasteiger partial charge in [-0.1, -0.05) is 13.3 Å². The van der Waals surface area contributed by atoms with Crippen molar-refractivity contribution in [1.29, 1.82) is 0 Å². The third-order valence-corrected chi connectivity index (χ3v) is 4.99. The molecule has 0 aromatic heterocycles. The highest BCUT2D eigenvalue weighted by Gasteiger charge is 2.33. The predicted octanol–water partition coefficient (Wildman–Crippen LogP) is 2.52. The van der Waals surface area contributed by atoms with Crippen molar-refractivity contribution in [3.63, 3.8) is 0 Å². The lowest BCUT2D eigenvalue weighted by atomic mass is 9.89. The van der Waals surface area contributed by atoms with Gasteiger partial charge in [0.25, 0.3) is 0 Å². The van der Waals surface area contributed by atoms with Gasteiger partial charge in [0.1, 0.15) is 0 Å². The maximum atomic E-state index is 12.5. The minimum absolute atomic E-state index is 0. The summed E-state index contributed by atoms with van der Waals surface area (Å²) in [6.07, 6.45) is 6.44. The van der Waals surface area contributed by atoms with E-state index < -0.39 is 5.54 Å². The Morgan fingerprint density at radius 3 is 2.50 bits per heavy atom. The van der Waals surface area contributed by atoms with E-state index in [1.807, 2.05) is 11.8 Å². The molecular formula is C18H38ClN3O2. The van der Waals surface area contributed by atoms with Crippen LogP contribution in [-0.4, -0.2) is 68.2 Å². The first-order valence-corrected chi connectivity index (χ1v) is 9.16. The molecule has 2 N–H and O–H groups in total. The van der Waals surface area contributed by atoms with Gasteiger partial charge in [-0.25, -0.2) is 0 Å². The first-order chi connectivity index (χ1) is 10.9. The summed E-state index contributed by atoms with van der Waals surface area (Å²) in [4.78, 5) is 16.8.